The summed E-state index contributed by atoms with van der Waals surface area (Å²) < 4.78 is 4.99. The third-order valence-electron chi connectivity index (χ3n) is 12.3. The molecule has 0 saturated carbocycles. The van der Waals surface area contributed by atoms with Crippen LogP contribution in [0, 0.1) is 5.92 Å². The minimum absolute atomic E-state index is 0.314. The molecule has 0 bridgehead atoms. The van der Waals surface area contributed by atoms with E-state index in [4.69, 9.17) is 9.97 Å². The fourth-order valence-corrected chi connectivity index (χ4v) is 10.9. The summed E-state index contributed by atoms with van der Waals surface area (Å²) in [6, 6.07) is 55.5. The van der Waals surface area contributed by atoms with Crippen LogP contribution < -0.4 is 0 Å². The number of hydrogen-bond acceptors (Lipinski definition) is 3. The van der Waals surface area contributed by atoms with Crippen LogP contribution in [-0.2, 0) is 12.8 Å². The van der Waals surface area contributed by atoms with Crippen LogP contribution in [0.15, 0.2) is 157 Å². The van der Waals surface area contributed by atoms with Crippen LogP contribution in [0.4, 0.5) is 0 Å². The van der Waals surface area contributed by atoms with Crippen LogP contribution in [0.25, 0.3) is 87.2 Å². The maximum atomic E-state index is 5.55. The van der Waals surface area contributed by atoms with Crippen molar-refractivity contribution in [3.05, 3.63) is 180 Å². The highest BCUT2D eigenvalue weighted by molar-refractivity contribution is 7.25. The lowest BCUT2D eigenvalue weighted by molar-refractivity contribution is 0.581. The van der Waals surface area contributed by atoms with Crippen molar-refractivity contribution in [1.29, 1.82) is 0 Å². The van der Waals surface area contributed by atoms with E-state index < -0.39 is 0 Å². The quantitative estimate of drug-likeness (QED) is 0.182. The van der Waals surface area contributed by atoms with E-state index in [1.807, 2.05) is 11.3 Å². The Balaban J connectivity index is 1.11. The fourth-order valence-electron chi connectivity index (χ4n) is 9.78. The van der Waals surface area contributed by atoms with Gasteiger partial charge in [-0.15, -0.1) is 11.3 Å². The normalized spacial score (nSPS) is 16.4. The summed E-state index contributed by atoms with van der Waals surface area (Å²) in [7, 11) is 0. The maximum absolute atomic E-state index is 5.55. The second-order valence-electron chi connectivity index (χ2n) is 15.3. The molecule has 0 radical (unpaired) electrons. The minimum Gasteiger partial charge on any atom is -0.282 e. The molecule has 3 aromatic heterocycles. The average molecular weight is 722 g/mol. The molecule has 2 unspecified atom stereocenters. The number of para-hydroxylation sites is 1. The molecule has 0 N–H and O–H groups in total. The minimum atomic E-state index is 0.314. The number of benzene rings is 7. The van der Waals surface area contributed by atoms with Crippen LogP contribution in [0.5, 0.6) is 0 Å². The van der Waals surface area contributed by atoms with Crippen LogP contribution in [0.3, 0.4) is 0 Å². The standard InChI is InChI=1S/C51H35N3S/c1-30-26-46-43(29-40(30)41-27-32-13-3-4-14-34(32)36-16-6-7-17-37(36)41)49-35-15-5-2-12-31(35)22-24-45(49)54(46)51-52-44-20-10-8-19-39(44)50(53-51)33-23-25-48-42(28-33)38-18-9-11-21-47(38)55-48/h2-25,28-30,41H,26-27H2,1H3. The number of aromatic nitrogens is 3. The Morgan fingerprint density at radius 3 is 2.29 bits per heavy atom. The summed E-state index contributed by atoms with van der Waals surface area (Å²) >= 11 is 1.85. The van der Waals surface area contributed by atoms with Gasteiger partial charge in [0, 0.05) is 53.7 Å². The molecule has 3 heterocycles. The van der Waals surface area contributed by atoms with Crippen molar-refractivity contribution in [3.8, 4) is 28.3 Å². The summed E-state index contributed by atoms with van der Waals surface area (Å²) in [6.07, 6.45) is 4.48. The summed E-state index contributed by atoms with van der Waals surface area (Å²) in [4.78, 5) is 10.9. The van der Waals surface area contributed by atoms with Gasteiger partial charge in [-0.2, -0.15) is 0 Å². The number of allylic oxidation sites excluding steroid dienone is 1. The van der Waals surface area contributed by atoms with E-state index in [1.165, 1.54) is 75.4 Å². The second kappa shape index (κ2) is 11.8. The van der Waals surface area contributed by atoms with Crippen molar-refractivity contribution in [3.63, 3.8) is 0 Å². The van der Waals surface area contributed by atoms with Gasteiger partial charge in [0.2, 0.25) is 5.95 Å². The first-order valence-electron chi connectivity index (χ1n) is 19.3. The van der Waals surface area contributed by atoms with Gasteiger partial charge in [0.05, 0.1) is 16.7 Å². The highest BCUT2D eigenvalue weighted by Crippen LogP contribution is 2.49. The van der Waals surface area contributed by atoms with Gasteiger partial charge in [-0.25, -0.2) is 9.97 Å². The Bertz CT molecular complexity index is 3250. The summed E-state index contributed by atoms with van der Waals surface area (Å²) in [5.74, 6) is 1.38. The van der Waals surface area contributed by atoms with Crippen molar-refractivity contribution in [2.24, 2.45) is 5.92 Å². The molecule has 4 heteroatoms. The Kier molecular flexibility index (Phi) is 6.67. The fraction of sp³-hybridized carbons (Fsp3) is 0.0980. The van der Waals surface area contributed by atoms with Crippen molar-refractivity contribution in [1.82, 2.24) is 14.5 Å². The lowest BCUT2D eigenvalue weighted by Crippen LogP contribution is -2.22. The van der Waals surface area contributed by atoms with Gasteiger partial charge in [-0.3, -0.25) is 4.57 Å². The lowest BCUT2D eigenvalue weighted by atomic mass is 9.70. The number of hydrogen-bond donors (Lipinski definition) is 0. The highest BCUT2D eigenvalue weighted by Gasteiger charge is 2.34. The molecule has 10 aromatic rings. The molecule has 260 valence electrons. The number of rotatable bonds is 3. The van der Waals surface area contributed by atoms with E-state index in [2.05, 4.69) is 169 Å². The molecule has 0 saturated heterocycles. The predicted octanol–water partition coefficient (Wildman–Crippen LogP) is 13.3. The first-order chi connectivity index (χ1) is 27.2. The lowest BCUT2D eigenvalue weighted by Gasteiger charge is -2.34. The molecular formula is C51H35N3S. The van der Waals surface area contributed by atoms with Gasteiger partial charge >= 0.3 is 0 Å². The molecule has 0 fully saturated rings. The first-order valence-corrected chi connectivity index (χ1v) is 20.1. The largest absolute Gasteiger partial charge is 0.282 e. The van der Waals surface area contributed by atoms with Crippen LogP contribution in [-0.4, -0.2) is 14.5 Å². The molecule has 2 aliphatic carbocycles. The van der Waals surface area contributed by atoms with Crippen molar-refractivity contribution < 1.29 is 0 Å². The molecule has 7 aromatic carbocycles. The first kappa shape index (κ1) is 31.0. The molecule has 12 rings (SSSR count). The summed E-state index contributed by atoms with van der Waals surface area (Å²) in [5.41, 5.74) is 13.9. The van der Waals surface area contributed by atoms with E-state index in [0.29, 0.717) is 11.8 Å². The van der Waals surface area contributed by atoms with Gasteiger partial charge < -0.3 is 0 Å². The number of fused-ring (bicyclic) bond motifs is 12. The highest BCUT2D eigenvalue weighted by atomic mass is 32.1. The van der Waals surface area contributed by atoms with E-state index in [0.717, 1.165) is 46.5 Å². The third kappa shape index (κ3) is 4.61. The number of thiophene rings is 1. The monoisotopic (exact) mass is 721 g/mol. The molecule has 2 aliphatic rings. The molecule has 3 nitrogen and oxygen atoms in total. The van der Waals surface area contributed by atoms with E-state index in [1.54, 1.807) is 0 Å². The third-order valence-corrected chi connectivity index (χ3v) is 13.4. The topological polar surface area (TPSA) is 30.7 Å². The molecule has 0 aliphatic heterocycles. The zero-order chi connectivity index (χ0) is 36.2. The van der Waals surface area contributed by atoms with Crippen molar-refractivity contribution in [2.75, 3.05) is 0 Å². The van der Waals surface area contributed by atoms with Gasteiger partial charge in [0.25, 0.3) is 0 Å². The molecule has 0 amide bonds. The van der Waals surface area contributed by atoms with E-state index in [9.17, 15) is 0 Å². The molecule has 55 heavy (non-hydrogen) atoms. The average Bonchev–Trinajstić information content (AvgIpc) is 3.77. The van der Waals surface area contributed by atoms with Crippen LogP contribution >= 0.6 is 11.3 Å². The molecule has 0 spiro atoms. The van der Waals surface area contributed by atoms with Gasteiger partial charge in [0.1, 0.15) is 0 Å². The van der Waals surface area contributed by atoms with Crippen molar-refractivity contribution >= 4 is 70.2 Å². The zero-order valence-corrected chi connectivity index (χ0v) is 31.1. The van der Waals surface area contributed by atoms with Crippen molar-refractivity contribution in [2.45, 2.75) is 25.7 Å². The van der Waals surface area contributed by atoms with Crippen LogP contribution in [0.2, 0.25) is 0 Å². The van der Waals surface area contributed by atoms with E-state index >= 15 is 0 Å². The smallest absolute Gasteiger partial charge is 0.235 e. The Hall–Kier alpha value is -6.36. The summed E-state index contributed by atoms with van der Waals surface area (Å²) in [6.45, 7) is 2.42. The second-order valence-corrected chi connectivity index (χ2v) is 16.4. The Morgan fingerprint density at radius 2 is 1.36 bits per heavy atom. The molecular weight excluding hydrogens is 687 g/mol. The van der Waals surface area contributed by atoms with Gasteiger partial charge in [-0.05, 0) is 82.1 Å². The summed E-state index contributed by atoms with van der Waals surface area (Å²) in [5, 5.41) is 7.43. The Morgan fingerprint density at radius 1 is 0.618 bits per heavy atom. The Labute approximate surface area is 322 Å². The zero-order valence-electron chi connectivity index (χ0n) is 30.3. The predicted molar refractivity (Wildman–Crippen MR) is 231 cm³/mol. The molecule has 2 atom stereocenters. The van der Waals surface area contributed by atoms with Crippen LogP contribution in [0.1, 0.15) is 35.2 Å². The number of nitrogens with zero attached hydrogens (tertiary/aromatic N) is 3. The van der Waals surface area contributed by atoms with Gasteiger partial charge in [-0.1, -0.05) is 140 Å². The van der Waals surface area contributed by atoms with E-state index in [-0.39, 0.29) is 0 Å². The maximum Gasteiger partial charge on any atom is 0.235 e. The SMILES string of the molecule is CC1Cc2c(c3c4ccccc4ccc3n2-c2nc(-c3ccc4sc5ccccc5c4c3)c3ccccc3n2)C=C1C1Cc2ccccc2-c2ccccc21. The van der Waals surface area contributed by atoms with Gasteiger partial charge in [0.15, 0.2) is 0 Å².